The summed E-state index contributed by atoms with van der Waals surface area (Å²) in [6.45, 7) is 7.24. The van der Waals surface area contributed by atoms with Gasteiger partial charge in [0.15, 0.2) is 0 Å². The first-order chi connectivity index (χ1) is 7.76. The summed E-state index contributed by atoms with van der Waals surface area (Å²) in [5.74, 6) is 1.87. The topological polar surface area (TPSA) is 47.1 Å². The van der Waals surface area contributed by atoms with Gasteiger partial charge in [-0.15, -0.1) is 0 Å². The van der Waals surface area contributed by atoms with E-state index in [9.17, 15) is 0 Å². The van der Waals surface area contributed by atoms with Gasteiger partial charge in [0.25, 0.3) is 0 Å². The molecule has 1 aromatic heterocycles. The number of hydrogen-bond acceptors (Lipinski definition) is 3. The monoisotopic (exact) mass is 222 g/mol. The highest BCUT2D eigenvalue weighted by Crippen LogP contribution is 2.26. The van der Waals surface area contributed by atoms with E-state index in [0.29, 0.717) is 6.04 Å². The van der Waals surface area contributed by atoms with Gasteiger partial charge in [-0.1, -0.05) is 6.92 Å². The first kappa shape index (κ1) is 11.5. The number of nitrogens with zero attached hydrogens (tertiary/aromatic N) is 3. The molecule has 16 heavy (non-hydrogen) atoms. The maximum absolute atomic E-state index is 5.87. The molecular weight excluding hydrogens is 200 g/mol. The summed E-state index contributed by atoms with van der Waals surface area (Å²) in [4.78, 5) is 6.85. The van der Waals surface area contributed by atoms with Crippen LogP contribution in [0.1, 0.15) is 26.7 Å². The third-order valence-corrected chi connectivity index (χ3v) is 3.54. The van der Waals surface area contributed by atoms with Crippen LogP contribution in [0.15, 0.2) is 12.4 Å². The van der Waals surface area contributed by atoms with Gasteiger partial charge in [0.1, 0.15) is 0 Å². The maximum Gasteiger partial charge on any atom is 0.205 e. The van der Waals surface area contributed by atoms with Crippen molar-refractivity contribution >= 4 is 5.95 Å². The molecular formula is C12H22N4. The molecule has 2 N–H and O–H groups in total. The van der Waals surface area contributed by atoms with Gasteiger partial charge in [0.2, 0.25) is 5.95 Å². The highest BCUT2D eigenvalue weighted by Gasteiger charge is 2.27. The van der Waals surface area contributed by atoms with Crippen LogP contribution in [-0.2, 0) is 6.54 Å². The second kappa shape index (κ2) is 4.87. The van der Waals surface area contributed by atoms with E-state index >= 15 is 0 Å². The van der Waals surface area contributed by atoms with Gasteiger partial charge in [0, 0.05) is 38.1 Å². The fourth-order valence-electron chi connectivity index (χ4n) is 2.55. The van der Waals surface area contributed by atoms with Gasteiger partial charge < -0.3 is 15.2 Å². The number of hydrogen-bond donors (Lipinski definition) is 1. The van der Waals surface area contributed by atoms with Crippen LogP contribution in [0.4, 0.5) is 5.95 Å². The second-order valence-corrected chi connectivity index (χ2v) is 4.73. The van der Waals surface area contributed by atoms with Crippen molar-refractivity contribution in [2.75, 3.05) is 18.0 Å². The number of rotatable bonds is 3. The molecule has 0 bridgehead atoms. The van der Waals surface area contributed by atoms with Crippen LogP contribution in [0.3, 0.4) is 0 Å². The SMILES string of the molecule is CCn1ccnc1N1CCC(C)CC1CN. The van der Waals surface area contributed by atoms with Gasteiger partial charge in [0.05, 0.1) is 0 Å². The van der Waals surface area contributed by atoms with Gasteiger partial charge in [-0.3, -0.25) is 0 Å². The Balaban J connectivity index is 2.19. The Hall–Kier alpha value is -1.03. The molecule has 2 atom stereocenters. The average molecular weight is 222 g/mol. The van der Waals surface area contributed by atoms with Crippen molar-refractivity contribution in [3.8, 4) is 0 Å². The summed E-state index contributed by atoms with van der Waals surface area (Å²) >= 11 is 0. The molecule has 1 aliphatic rings. The largest absolute Gasteiger partial charge is 0.338 e. The molecule has 4 heteroatoms. The normalized spacial score (nSPS) is 26.1. The number of anilines is 1. The summed E-state index contributed by atoms with van der Waals surface area (Å²) in [6, 6.07) is 0.455. The zero-order chi connectivity index (χ0) is 11.5. The Morgan fingerprint density at radius 1 is 1.56 bits per heavy atom. The molecule has 0 saturated carbocycles. The molecule has 1 fully saturated rings. The van der Waals surface area contributed by atoms with Crippen molar-refractivity contribution in [3.63, 3.8) is 0 Å². The first-order valence-electron chi connectivity index (χ1n) is 6.24. The lowest BCUT2D eigenvalue weighted by Crippen LogP contribution is -2.47. The quantitative estimate of drug-likeness (QED) is 0.842. The third-order valence-electron chi connectivity index (χ3n) is 3.54. The molecule has 2 unspecified atom stereocenters. The molecule has 1 aliphatic heterocycles. The van der Waals surface area contributed by atoms with Crippen LogP contribution in [-0.4, -0.2) is 28.7 Å². The van der Waals surface area contributed by atoms with Crippen LogP contribution in [0.25, 0.3) is 0 Å². The standard InChI is InChI=1S/C12H22N4/c1-3-15-7-5-14-12(15)16-6-4-10(2)8-11(16)9-13/h5,7,10-11H,3-4,6,8-9,13H2,1-2H3. The summed E-state index contributed by atoms with van der Waals surface area (Å²) in [5, 5.41) is 0. The number of aromatic nitrogens is 2. The van der Waals surface area contributed by atoms with Crippen molar-refractivity contribution in [1.82, 2.24) is 9.55 Å². The van der Waals surface area contributed by atoms with E-state index in [0.717, 1.165) is 31.5 Å². The lowest BCUT2D eigenvalue weighted by atomic mass is 9.93. The van der Waals surface area contributed by atoms with E-state index in [-0.39, 0.29) is 0 Å². The average Bonchev–Trinajstić information content (AvgIpc) is 2.76. The summed E-state index contributed by atoms with van der Waals surface area (Å²) in [5.41, 5.74) is 5.87. The zero-order valence-corrected chi connectivity index (χ0v) is 10.3. The van der Waals surface area contributed by atoms with Crippen LogP contribution >= 0.6 is 0 Å². The third kappa shape index (κ3) is 2.07. The van der Waals surface area contributed by atoms with Crippen molar-refractivity contribution in [3.05, 3.63) is 12.4 Å². The molecule has 0 aromatic carbocycles. The minimum Gasteiger partial charge on any atom is -0.338 e. The van der Waals surface area contributed by atoms with Gasteiger partial charge in [-0.2, -0.15) is 0 Å². The van der Waals surface area contributed by atoms with Gasteiger partial charge in [-0.05, 0) is 25.7 Å². The fraction of sp³-hybridized carbons (Fsp3) is 0.750. The van der Waals surface area contributed by atoms with Gasteiger partial charge >= 0.3 is 0 Å². The molecule has 0 radical (unpaired) electrons. The van der Waals surface area contributed by atoms with E-state index in [1.54, 1.807) is 0 Å². The highest BCUT2D eigenvalue weighted by molar-refractivity contribution is 5.34. The Kier molecular flexibility index (Phi) is 3.49. The number of aryl methyl sites for hydroxylation is 1. The molecule has 90 valence electrons. The molecule has 1 aromatic rings. The molecule has 2 heterocycles. The van der Waals surface area contributed by atoms with E-state index in [2.05, 4.69) is 28.3 Å². The summed E-state index contributed by atoms with van der Waals surface area (Å²) in [7, 11) is 0. The van der Waals surface area contributed by atoms with Crippen LogP contribution < -0.4 is 10.6 Å². The first-order valence-corrected chi connectivity index (χ1v) is 6.24. The van der Waals surface area contributed by atoms with E-state index in [1.165, 1.54) is 12.8 Å². The minimum absolute atomic E-state index is 0.455. The number of imidazole rings is 1. The Morgan fingerprint density at radius 2 is 2.38 bits per heavy atom. The predicted molar refractivity (Wildman–Crippen MR) is 66.5 cm³/mol. The predicted octanol–water partition coefficient (Wildman–Crippen LogP) is 1.47. The van der Waals surface area contributed by atoms with E-state index in [1.807, 2.05) is 12.4 Å². The van der Waals surface area contributed by atoms with Crippen LogP contribution in [0.5, 0.6) is 0 Å². The smallest absolute Gasteiger partial charge is 0.205 e. The van der Waals surface area contributed by atoms with Crippen LogP contribution in [0.2, 0.25) is 0 Å². The maximum atomic E-state index is 5.87. The zero-order valence-electron chi connectivity index (χ0n) is 10.3. The Bertz CT molecular complexity index is 334. The Labute approximate surface area is 97.4 Å². The van der Waals surface area contributed by atoms with Gasteiger partial charge in [-0.25, -0.2) is 4.98 Å². The Morgan fingerprint density at radius 3 is 3.06 bits per heavy atom. The lowest BCUT2D eigenvalue weighted by Gasteiger charge is -2.38. The van der Waals surface area contributed by atoms with Crippen molar-refractivity contribution in [2.45, 2.75) is 39.3 Å². The van der Waals surface area contributed by atoms with Crippen molar-refractivity contribution < 1.29 is 0 Å². The highest BCUT2D eigenvalue weighted by atomic mass is 15.3. The molecule has 4 nitrogen and oxygen atoms in total. The molecule has 0 aliphatic carbocycles. The van der Waals surface area contributed by atoms with E-state index in [4.69, 9.17) is 5.73 Å². The number of nitrogens with two attached hydrogens (primary N) is 1. The van der Waals surface area contributed by atoms with Crippen molar-refractivity contribution in [1.29, 1.82) is 0 Å². The molecule has 2 rings (SSSR count). The molecule has 0 spiro atoms. The van der Waals surface area contributed by atoms with Crippen molar-refractivity contribution in [2.24, 2.45) is 11.7 Å². The summed E-state index contributed by atoms with van der Waals surface area (Å²) < 4.78 is 2.19. The minimum atomic E-state index is 0.455. The fourth-order valence-corrected chi connectivity index (χ4v) is 2.55. The second-order valence-electron chi connectivity index (χ2n) is 4.73. The van der Waals surface area contributed by atoms with Crippen LogP contribution in [0, 0.1) is 5.92 Å². The molecule has 0 amide bonds. The number of piperidine rings is 1. The summed E-state index contributed by atoms with van der Waals surface area (Å²) in [6.07, 6.45) is 6.35. The van der Waals surface area contributed by atoms with E-state index < -0.39 is 0 Å². The molecule has 1 saturated heterocycles. The lowest BCUT2D eigenvalue weighted by molar-refractivity contribution is 0.360.